The van der Waals surface area contributed by atoms with Crippen molar-refractivity contribution in [3.63, 3.8) is 0 Å². The number of Topliss-reactive ketones (excluding diaryl/α,β-unsaturated/α-hetero) is 1. The van der Waals surface area contributed by atoms with Gasteiger partial charge in [-0.15, -0.1) is 0 Å². The Kier molecular flexibility index (Phi) is 4.59. The Balaban J connectivity index is 1.57. The Morgan fingerprint density at radius 2 is 1.57 bits per heavy atom. The van der Waals surface area contributed by atoms with Gasteiger partial charge >= 0.3 is 0 Å². The number of nitrogens with one attached hydrogen (secondary N) is 1. The number of benzene rings is 1. The minimum Gasteiger partial charge on any atom is -0.342 e. The summed E-state index contributed by atoms with van der Waals surface area (Å²) in [5.41, 5.74) is 1.01. The molecule has 3 heterocycles. The fourth-order valence-corrected chi connectivity index (χ4v) is 3.85. The molecular weight excluding hydrogens is 366 g/mol. The minimum absolute atomic E-state index is 0.0825. The lowest BCUT2D eigenvalue weighted by molar-refractivity contribution is -0.229. The van der Waals surface area contributed by atoms with Crippen LogP contribution in [0.1, 0.15) is 45.0 Å². The second-order valence-corrected chi connectivity index (χ2v) is 8.22. The van der Waals surface area contributed by atoms with Crippen LogP contribution in [0.5, 0.6) is 0 Å². The van der Waals surface area contributed by atoms with E-state index in [1.54, 1.807) is 52.0 Å². The van der Waals surface area contributed by atoms with Crippen molar-refractivity contribution in [2.75, 3.05) is 5.32 Å². The molecule has 8 nitrogen and oxygen atoms in total. The molecule has 0 aliphatic carbocycles. The van der Waals surface area contributed by atoms with Gasteiger partial charge in [-0.2, -0.15) is 0 Å². The van der Waals surface area contributed by atoms with E-state index in [4.69, 9.17) is 23.7 Å². The molecule has 0 radical (unpaired) electrons. The summed E-state index contributed by atoms with van der Waals surface area (Å²) in [6.45, 7) is 8.61. The molecule has 0 saturated carbocycles. The van der Waals surface area contributed by atoms with Crippen molar-refractivity contribution >= 4 is 17.4 Å². The van der Waals surface area contributed by atoms with Crippen LogP contribution in [0.25, 0.3) is 0 Å². The van der Waals surface area contributed by atoms with E-state index in [0.717, 1.165) is 0 Å². The highest BCUT2D eigenvalue weighted by Crippen LogP contribution is 2.44. The summed E-state index contributed by atoms with van der Waals surface area (Å²) < 4.78 is 29.6. The number of anilines is 1. The lowest BCUT2D eigenvalue weighted by Gasteiger charge is -2.36. The summed E-state index contributed by atoms with van der Waals surface area (Å²) in [5.74, 6) is -2.21. The van der Waals surface area contributed by atoms with Crippen molar-refractivity contribution in [1.82, 2.24) is 0 Å². The van der Waals surface area contributed by atoms with Crippen LogP contribution in [-0.2, 0) is 28.5 Å². The maximum absolute atomic E-state index is 13.0. The largest absolute Gasteiger partial charge is 0.342 e. The molecule has 4 rings (SSSR count). The summed E-state index contributed by atoms with van der Waals surface area (Å²) in [6, 6.07) is 6.73. The van der Waals surface area contributed by atoms with Crippen LogP contribution in [0.2, 0.25) is 0 Å². The van der Waals surface area contributed by atoms with Gasteiger partial charge in [0.1, 0.15) is 18.3 Å². The first-order chi connectivity index (χ1) is 13.0. The van der Waals surface area contributed by atoms with Crippen molar-refractivity contribution in [2.24, 2.45) is 0 Å². The van der Waals surface area contributed by atoms with Crippen LogP contribution >= 0.6 is 0 Å². The van der Waals surface area contributed by atoms with Gasteiger partial charge in [-0.3, -0.25) is 9.59 Å². The highest BCUT2D eigenvalue weighted by atomic mass is 16.9. The molecule has 3 aliphatic heterocycles. The third-order valence-electron chi connectivity index (χ3n) is 4.95. The van der Waals surface area contributed by atoms with Crippen molar-refractivity contribution in [1.29, 1.82) is 0 Å². The zero-order chi connectivity index (χ0) is 20.3. The molecule has 152 valence electrons. The SMILES string of the molecule is CC(=O)c1cccc(NC(=O)[C@@H]2O[C@@H]3OC(C)(C)O[C@@H]3[C@H]3OC(C)(C)O[C@@H]32)c1. The van der Waals surface area contributed by atoms with Gasteiger partial charge in [0.05, 0.1) is 0 Å². The Labute approximate surface area is 163 Å². The van der Waals surface area contributed by atoms with Crippen molar-refractivity contribution in [3.05, 3.63) is 29.8 Å². The number of rotatable bonds is 3. The molecule has 0 unspecified atom stereocenters. The normalized spacial score (nSPS) is 35.1. The van der Waals surface area contributed by atoms with Gasteiger partial charge in [-0.1, -0.05) is 12.1 Å². The van der Waals surface area contributed by atoms with Crippen LogP contribution in [0.15, 0.2) is 24.3 Å². The van der Waals surface area contributed by atoms with Crippen LogP contribution < -0.4 is 5.32 Å². The highest BCUT2D eigenvalue weighted by molar-refractivity contribution is 5.98. The molecule has 0 aromatic heterocycles. The van der Waals surface area contributed by atoms with Gasteiger partial charge in [-0.05, 0) is 46.8 Å². The van der Waals surface area contributed by atoms with Crippen LogP contribution in [0, 0.1) is 0 Å². The zero-order valence-electron chi connectivity index (χ0n) is 16.6. The van der Waals surface area contributed by atoms with Gasteiger partial charge in [0.25, 0.3) is 5.91 Å². The maximum atomic E-state index is 13.0. The molecule has 1 aromatic carbocycles. The third-order valence-corrected chi connectivity index (χ3v) is 4.95. The standard InChI is InChI=1S/C20H25NO7/c1-10(22)11-7-6-8-12(9-11)21-17(23)15-13-14(26-19(2,3)25-13)16-18(24-15)28-20(4,5)27-16/h6-9,13-16,18H,1-5H3,(H,21,23)/t13-,14-,15+,16+,18+/m0/s1. The van der Waals surface area contributed by atoms with Crippen LogP contribution in [0.4, 0.5) is 5.69 Å². The first-order valence-electron chi connectivity index (χ1n) is 9.33. The Morgan fingerprint density at radius 3 is 2.29 bits per heavy atom. The number of amides is 1. The fraction of sp³-hybridized carbons (Fsp3) is 0.600. The van der Waals surface area contributed by atoms with E-state index in [1.165, 1.54) is 6.92 Å². The maximum Gasteiger partial charge on any atom is 0.256 e. The molecule has 1 amide bonds. The summed E-state index contributed by atoms with van der Waals surface area (Å²) >= 11 is 0. The van der Waals surface area contributed by atoms with Gasteiger partial charge in [0.2, 0.25) is 0 Å². The van der Waals surface area contributed by atoms with Gasteiger partial charge < -0.3 is 29.0 Å². The van der Waals surface area contributed by atoms with Crippen molar-refractivity contribution in [2.45, 2.75) is 76.9 Å². The first-order valence-corrected chi connectivity index (χ1v) is 9.33. The molecular formula is C20H25NO7. The van der Waals surface area contributed by atoms with E-state index in [-0.39, 0.29) is 5.78 Å². The van der Waals surface area contributed by atoms with E-state index in [2.05, 4.69) is 5.32 Å². The van der Waals surface area contributed by atoms with Gasteiger partial charge in [-0.25, -0.2) is 0 Å². The van der Waals surface area contributed by atoms with E-state index >= 15 is 0 Å². The summed E-state index contributed by atoms with van der Waals surface area (Å²) in [4.78, 5) is 24.6. The van der Waals surface area contributed by atoms with E-state index in [1.807, 2.05) is 0 Å². The number of ketones is 1. The molecule has 1 N–H and O–H groups in total. The number of hydrogen-bond acceptors (Lipinski definition) is 7. The molecule has 0 bridgehead atoms. The lowest BCUT2D eigenvalue weighted by atomic mass is 9.98. The molecule has 3 saturated heterocycles. The predicted octanol–water partition coefficient (Wildman–Crippen LogP) is 2.22. The second-order valence-electron chi connectivity index (χ2n) is 8.22. The summed E-state index contributed by atoms with van der Waals surface area (Å²) in [5, 5.41) is 2.80. The predicted molar refractivity (Wildman–Crippen MR) is 97.6 cm³/mol. The monoisotopic (exact) mass is 391 g/mol. The Hall–Kier alpha value is -1.84. The van der Waals surface area contributed by atoms with Crippen LogP contribution in [0.3, 0.4) is 0 Å². The lowest BCUT2D eigenvalue weighted by Crippen LogP contribution is -2.58. The van der Waals surface area contributed by atoms with Gasteiger partial charge in [0, 0.05) is 11.3 Å². The quantitative estimate of drug-likeness (QED) is 0.790. The Bertz CT molecular complexity index is 805. The molecule has 3 aliphatic rings. The summed E-state index contributed by atoms with van der Waals surface area (Å²) in [6.07, 6.45) is -3.34. The average molecular weight is 391 g/mol. The molecule has 5 atom stereocenters. The molecule has 3 fully saturated rings. The van der Waals surface area contributed by atoms with E-state index in [9.17, 15) is 9.59 Å². The average Bonchev–Trinajstić information content (AvgIpc) is 3.08. The molecule has 1 aromatic rings. The van der Waals surface area contributed by atoms with E-state index in [0.29, 0.717) is 11.3 Å². The first kappa shape index (κ1) is 19.5. The number of ether oxygens (including phenoxy) is 5. The van der Waals surface area contributed by atoms with E-state index < -0.39 is 48.2 Å². The second kappa shape index (κ2) is 6.60. The molecule has 8 heteroatoms. The fourth-order valence-electron chi connectivity index (χ4n) is 3.85. The highest BCUT2D eigenvalue weighted by Gasteiger charge is 2.62. The topological polar surface area (TPSA) is 92.3 Å². The van der Waals surface area contributed by atoms with Crippen molar-refractivity contribution in [3.8, 4) is 0 Å². The minimum atomic E-state index is -0.952. The molecule has 0 spiro atoms. The van der Waals surface area contributed by atoms with Crippen molar-refractivity contribution < 1.29 is 33.3 Å². The third kappa shape index (κ3) is 3.58. The number of carbonyl (C=O) groups is 2. The number of carbonyl (C=O) groups excluding carboxylic acids is 2. The zero-order valence-corrected chi connectivity index (χ0v) is 16.6. The summed E-state index contributed by atoms with van der Waals surface area (Å²) in [7, 11) is 0. The number of fused-ring (bicyclic) bond motifs is 3. The van der Waals surface area contributed by atoms with Crippen LogP contribution in [-0.4, -0.2) is 54.0 Å². The van der Waals surface area contributed by atoms with Gasteiger partial charge in [0.15, 0.2) is 29.8 Å². The number of hydrogen-bond donors (Lipinski definition) is 1. The molecule has 28 heavy (non-hydrogen) atoms. The Morgan fingerprint density at radius 1 is 0.929 bits per heavy atom. The smallest absolute Gasteiger partial charge is 0.256 e.